The predicted molar refractivity (Wildman–Crippen MR) is 66.1 cm³/mol. The Morgan fingerprint density at radius 3 is 2.40 bits per heavy atom. The van der Waals surface area contributed by atoms with Crippen molar-refractivity contribution in [1.29, 1.82) is 0 Å². The molecule has 0 unspecified atom stereocenters. The van der Waals surface area contributed by atoms with Gasteiger partial charge < -0.3 is 10.2 Å². The maximum Gasteiger partial charge on any atom is 0.0509 e. The lowest BCUT2D eigenvalue weighted by Gasteiger charge is -2.29. The van der Waals surface area contributed by atoms with Crippen molar-refractivity contribution in [1.82, 2.24) is 10.2 Å². The lowest BCUT2D eigenvalue weighted by Crippen LogP contribution is -2.43. The Labute approximate surface area is 92.6 Å². The van der Waals surface area contributed by atoms with Crippen LogP contribution in [0.3, 0.4) is 0 Å². The molecule has 1 rings (SSSR count). The Bertz CT molecular complexity index is 271. The van der Waals surface area contributed by atoms with Crippen molar-refractivity contribution in [3.8, 4) is 0 Å². The van der Waals surface area contributed by atoms with Gasteiger partial charge in [0.1, 0.15) is 0 Å². The van der Waals surface area contributed by atoms with Gasteiger partial charge in [-0.2, -0.15) is 0 Å². The van der Waals surface area contributed by atoms with Crippen molar-refractivity contribution in [2.45, 2.75) is 20.8 Å². The first-order valence-electron chi connectivity index (χ1n) is 5.57. The molecular weight excluding hydrogens is 186 g/mol. The molecule has 1 heterocycles. The fourth-order valence-electron chi connectivity index (χ4n) is 1.50. The van der Waals surface area contributed by atoms with E-state index in [1.165, 1.54) is 5.70 Å². The van der Waals surface area contributed by atoms with Crippen molar-refractivity contribution in [3.05, 3.63) is 23.5 Å². The van der Waals surface area contributed by atoms with Crippen molar-refractivity contribution < 1.29 is 0 Å². The third kappa shape index (κ3) is 3.88. The van der Waals surface area contributed by atoms with Crippen LogP contribution in [0.2, 0.25) is 0 Å². The molecule has 1 N–H and O–H groups in total. The zero-order valence-electron chi connectivity index (χ0n) is 9.95. The molecule has 0 saturated carbocycles. The molecule has 0 aliphatic carbocycles. The van der Waals surface area contributed by atoms with Crippen molar-refractivity contribution in [2.24, 2.45) is 4.99 Å². The summed E-state index contributed by atoms with van der Waals surface area (Å²) in [5.41, 5.74) is 2.28. The number of nitrogens with one attached hydrogen (secondary N) is 1. The van der Waals surface area contributed by atoms with Gasteiger partial charge in [-0.1, -0.05) is 12.2 Å². The normalized spacial score (nSPS) is 20.1. The Kier molecular flexibility index (Phi) is 5.12. The Hall–Kier alpha value is -1.09. The van der Waals surface area contributed by atoms with E-state index in [0.717, 1.165) is 31.9 Å². The first-order valence-corrected chi connectivity index (χ1v) is 5.57. The zero-order chi connectivity index (χ0) is 11.1. The molecule has 3 nitrogen and oxygen atoms in total. The third-order valence-corrected chi connectivity index (χ3v) is 2.60. The molecule has 0 radical (unpaired) electrons. The largest absolute Gasteiger partial charge is 0.368 e. The van der Waals surface area contributed by atoms with Gasteiger partial charge in [-0.15, -0.1) is 0 Å². The highest BCUT2D eigenvalue weighted by molar-refractivity contribution is 5.78. The quantitative estimate of drug-likeness (QED) is 0.714. The SMILES string of the molecule is C\C=C(C)/N=C\C(=C/C)N1CCNCC1. The molecule has 1 fully saturated rings. The first-order chi connectivity index (χ1) is 7.27. The summed E-state index contributed by atoms with van der Waals surface area (Å²) in [5, 5.41) is 3.34. The van der Waals surface area contributed by atoms with Crippen LogP contribution in [0, 0.1) is 0 Å². The lowest BCUT2D eigenvalue weighted by molar-refractivity contribution is 0.312. The summed E-state index contributed by atoms with van der Waals surface area (Å²) >= 11 is 0. The fourth-order valence-corrected chi connectivity index (χ4v) is 1.50. The minimum Gasteiger partial charge on any atom is -0.368 e. The van der Waals surface area contributed by atoms with Crippen molar-refractivity contribution in [2.75, 3.05) is 26.2 Å². The number of hydrogen-bond donors (Lipinski definition) is 1. The van der Waals surface area contributed by atoms with Crippen LogP contribution >= 0.6 is 0 Å². The van der Waals surface area contributed by atoms with E-state index < -0.39 is 0 Å². The number of hydrogen-bond acceptors (Lipinski definition) is 3. The highest BCUT2D eigenvalue weighted by atomic mass is 15.2. The van der Waals surface area contributed by atoms with Gasteiger partial charge in [0, 0.05) is 31.9 Å². The van der Waals surface area contributed by atoms with Gasteiger partial charge in [-0.25, -0.2) is 0 Å². The monoisotopic (exact) mass is 207 g/mol. The smallest absolute Gasteiger partial charge is 0.0509 e. The Morgan fingerprint density at radius 1 is 1.20 bits per heavy atom. The van der Waals surface area contributed by atoms with Crippen LogP contribution in [0.5, 0.6) is 0 Å². The molecule has 3 heteroatoms. The lowest BCUT2D eigenvalue weighted by atomic mass is 10.3. The third-order valence-electron chi connectivity index (χ3n) is 2.60. The molecule has 1 aliphatic rings. The van der Waals surface area contributed by atoms with Crippen LogP contribution in [0.25, 0.3) is 0 Å². The van der Waals surface area contributed by atoms with Gasteiger partial charge in [0.05, 0.1) is 11.9 Å². The van der Waals surface area contributed by atoms with Gasteiger partial charge in [0.25, 0.3) is 0 Å². The highest BCUT2D eigenvalue weighted by Gasteiger charge is 2.10. The summed E-state index contributed by atoms with van der Waals surface area (Å²) in [4.78, 5) is 6.76. The number of piperazine rings is 1. The van der Waals surface area contributed by atoms with Crippen LogP contribution in [0.15, 0.2) is 28.5 Å². The van der Waals surface area contributed by atoms with E-state index in [1.807, 2.05) is 26.1 Å². The molecule has 0 bridgehead atoms. The van der Waals surface area contributed by atoms with Crippen LogP contribution in [0.1, 0.15) is 20.8 Å². The molecule has 84 valence electrons. The van der Waals surface area contributed by atoms with E-state index in [0.29, 0.717) is 0 Å². The molecule has 0 spiro atoms. The van der Waals surface area contributed by atoms with E-state index in [2.05, 4.69) is 28.2 Å². The topological polar surface area (TPSA) is 27.6 Å². The van der Waals surface area contributed by atoms with Crippen LogP contribution in [-0.2, 0) is 0 Å². The molecule has 15 heavy (non-hydrogen) atoms. The number of aliphatic imine (C=N–C) groups is 1. The van der Waals surface area contributed by atoms with Gasteiger partial charge >= 0.3 is 0 Å². The Balaban J connectivity index is 2.59. The van der Waals surface area contributed by atoms with E-state index in [9.17, 15) is 0 Å². The van der Waals surface area contributed by atoms with Gasteiger partial charge in [0.15, 0.2) is 0 Å². The summed E-state index contributed by atoms with van der Waals surface area (Å²) in [7, 11) is 0. The second kappa shape index (κ2) is 6.40. The average Bonchev–Trinajstić information content (AvgIpc) is 2.31. The molecule has 0 atom stereocenters. The summed E-state index contributed by atoms with van der Waals surface area (Å²) in [6.07, 6.45) is 6.10. The van der Waals surface area contributed by atoms with Gasteiger partial charge in [0.2, 0.25) is 0 Å². The summed E-state index contributed by atoms with van der Waals surface area (Å²) in [6, 6.07) is 0. The van der Waals surface area contributed by atoms with Gasteiger partial charge in [-0.05, 0) is 20.8 Å². The van der Waals surface area contributed by atoms with Crippen molar-refractivity contribution >= 4 is 6.21 Å². The Morgan fingerprint density at radius 2 is 1.87 bits per heavy atom. The number of allylic oxidation sites excluding steroid dienone is 4. The average molecular weight is 207 g/mol. The summed E-state index contributed by atoms with van der Waals surface area (Å²) in [6.45, 7) is 10.4. The highest BCUT2D eigenvalue weighted by Crippen LogP contribution is 2.04. The molecule has 1 aliphatic heterocycles. The summed E-state index contributed by atoms with van der Waals surface area (Å²) < 4.78 is 0. The number of nitrogens with zero attached hydrogens (tertiary/aromatic N) is 2. The molecule has 0 aromatic rings. The van der Waals surface area contributed by atoms with Crippen LogP contribution in [0.4, 0.5) is 0 Å². The van der Waals surface area contributed by atoms with E-state index >= 15 is 0 Å². The number of rotatable bonds is 3. The fraction of sp³-hybridized carbons (Fsp3) is 0.583. The second-order valence-corrected chi connectivity index (χ2v) is 3.64. The summed E-state index contributed by atoms with van der Waals surface area (Å²) in [5.74, 6) is 0. The molecular formula is C12H21N3. The minimum absolute atomic E-state index is 1.06. The van der Waals surface area contributed by atoms with E-state index in [-0.39, 0.29) is 0 Å². The predicted octanol–water partition coefficient (Wildman–Crippen LogP) is 1.79. The van der Waals surface area contributed by atoms with E-state index in [4.69, 9.17) is 0 Å². The zero-order valence-corrected chi connectivity index (χ0v) is 9.95. The van der Waals surface area contributed by atoms with E-state index in [1.54, 1.807) is 0 Å². The van der Waals surface area contributed by atoms with Gasteiger partial charge in [-0.3, -0.25) is 4.99 Å². The first kappa shape index (κ1) is 12.0. The second-order valence-electron chi connectivity index (χ2n) is 3.64. The maximum absolute atomic E-state index is 4.39. The molecule has 0 aromatic heterocycles. The molecule has 0 aromatic carbocycles. The van der Waals surface area contributed by atoms with Crippen LogP contribution in [-0.4, -0.2) is 37.3 Å². The van der Waals surface area contributed by atoms with Crippen molar-refractivity contribution in [3.63, 3.8) is 0 Å². The maximum atomic E-state index is 4.39. The molecule has 1 saturated heterocycles. The molecule has 0 amide bonds. The minimum atomic E-state index is 1.06. The van der Waals surface area contributed by atoms with Crippen LogP contribution < -0.4 is 5.32 Å². The standard InChI is InChI=1S/C12H21N3/c1-4-11(3)14-10-12(5-2)15-8-6-13-7-9-15/h4-5,10,13H,6-9H2,1-3H3/b11-4-,12-5+,14-10-.